The SMILES string of the molecule is CC1(C)Oc2cc(C(=O)OSN)ccc2C(c2ccccc2)=C1C#N. The molecule has 1 aliphatic rings. The number of benzene rings is 2. The van der Waals surface area contributed by atoms with Gasteiger partial charge in [0.15, 0.2) is 0 Å². The lowest BCUT2D eigenvalue weighted by molar-refractivity contribution is 0.0766. The van der Waals surface area contributed by atoms with Gasteiger partial charge in [0.2, 0.25) is 0 Å². The summed E-state index contributed by atoms with van der Waals surface area (Å²) in [4.78, 5) is 11.9. The molecule has 1 heterocycles. The number of fused-ring (bicyclic) bond motifs is 1. The second-order valence-corrected chi connectivity index (χ2v) is 6.38. The van der Waals surface area contributed by atoms with Crippen LogP contribution < -0.4 is 9.88 Å². The summed E-state index contributed by atoms with van der Waals surface area (Å²) in [6.45, 7) is 3.66. The molecule has 0 unspecified atom stereocenters. The number of hydrogen-bond donors (Lipinski definition) is 1. The average Bonchev–Trinajstić information content (AvgIpc) is 2.60. The second-order valence-electron chi connectivity index (χ2n) is 6.02. The van der Waals surface area contributed by atoms with Crippen LogP contribution in [0.15, 0.2) is 54.1 Å². The Morgan fingerprint density at radius 3 is 2.60 bits per heavy atom. The molecule has 5 nitrogen and oxygen atoms in total. The van der Waals surface area contributed by atoms with E-state index in [1.807, 2.05) is 44.2 Å². The van der Waals surface area contributed by atoms with E-state index in [2.05, 4.69) is 6.07 Å². The molecule has 0 saturated heterocycles. The van der Waals surface area contributed by atoms with Gasteiger partial charge in [0.25, 0.3) is 0 Å². The van der Waals surface area contributed by atoms with Gasteiger partial charge in [0, 0.05) is 11.1 Å². The molecular weight excluding hydrogens is 336 g/mol. The van der Waals surface area contributed by atoms with E-state index in [9.17, 15) is 10.1 Å². The van der Waals surface area contributed by atoms with Crippen molar-refractivity contribution in [2.24, 2.45) is 5.14 Å². The number of nitriles is 1. The van der Waals surface area contributed by atoms with Crippen molar-refractivity contribution in [2.45, 2.75) is 19.4 Å². The average molecular weight is 352 g/mol. The van der Waals surface area contributed by atoms with E-state index in [0.29, 0.717) is 29.1 Å². The van der Waals surface area contributed by atoms with Crippen molar-refractivity contribution in [3.05, 3.63) is 70.8 Å². The zero-order valence-corrected chi connectivity index (χ0v) is 14.6. The molecule has 2 aromatic carbocycles. The molecule has 0 atom stereocenters. The van der Waals surface area contributed by atoms with Gasteiger partial charge in [-0.1, -0.05) is 30.3 Å². The van der Waals surface area contributed by atoms with Crippen LogP contribution in [0.4, 0.5) is 0 Å². The number of nitrogens with zero attached hydrogens (tertiary/aromatic N) is 1. The Labute approximate surface area is 150 Å². The third kappa shape index (κ3) is 3.12. The summed E-state index contributed by atoms with van der Waals surface area (Å²) in [5.41, 5.74) is 2.54. The molecule has 0 bridgehead atoms. The lowest BCUT2D eigenvalue weighted by atomic mass is 9.83. The molecule has 1 aliphatic heterocycles. The van der Waals surface area contributed by atoms with Crippen molar-refractivity contribution in [2.75, 3.05) is 0 Å². The molecular formula is C19H16N2O3S. The first kappa shape index (κ1) is 17.1. The maximum absolute atomic E-state index is 11.9. The van der Waals surface area contributed by atoms with Crippen LogP contribution in [0.5, 0.6) is 5.75 Å². The van der Waals surface area contributed by atoms with Crippen LogP contribution in [0, 0.1) is 11.3 Å². The highest BCUT2D eigenvalue weighted by Gasteiger charge is 2.36. The Kier molecular flexibility index (Phi) is 4.53. The van der Waals surface area contributed by atoms with Crippen molar-refractivity contribution < 1.29 is 13.7 Å². The highest BCUT2D eigenvalue weighted by molar-refractivity contribution is 7.92. The molecule has 0 saturated carbocycles. The highest BCUT2D eigenvalue weighted by Crippen LogP contribution is 2.44. The molecule has 0 aromatic heterocycles. The van der Waals surface area contributed by atoms with Crippen LogP contribution >= 0.6 is 12.2 Å². The molecule has 0 aliphatic carbocycles. The molecule has 2 aromatic rings. The fourth-order valence-electron chi connectivity index (χ4n) is 2.89. The van der Waals surface area contributed by atoms with Crippen molar-refractivity contribution >= 4 is 23.8 Å². The Bertz CT molecular complexity index is 899. The lowest BCUT2D eigenvalue weighted by Crippen LogP contribution is -2.34. The van der Waals surface area contributed by atoms with Crippen LogP contribution in [0.1, 0.15) is 35.3 Å². The van der Waals surface area contributed by atoms with Crippen LogP contribution in [0.2, 0.25) is 0 Å². The fraction of sp³-hybridized carbons (Fsp3) is 0.158. The van der Waals surface area contributed by atoms with Crippen molar-refractivity contribution in [3.63, 3.8) is 0 Å². The van der Waals surface area contributed by atoms with Gasteiger partial charge in [-0.15, -0.1) is 0 Å². The number of ether oxygens (including phenoxy) is 1. The maximum atomic E-state index is 11.9. The normalized spacial score (nSPS) is 15.0. The number of carbonyl (C=O) groups is 1. The third-order valence-electron chi connectivity index (χ3n) is 4.00. The lowest BCUT2D eigenvalue weighted by Gasteiger charge is -2.34. The van der Waals surface area contributed by atoms with E-state index in [0.717, 1.165) is 16.7 Å². The van der Waals surface area contributed by atoms with Crippen LogP contribution in [0.25, 0.3) is 5.57 Å². The van der Waals surface area contributed by atoms with Gasteiger partial charge < -0.3 is 8.92 Å². The first-order chi connectivity index (χ1) is 12.0. The van der Waals surface area contributed by atoms with Crippen LogP contribution in [0.3, 0.4) is 0 Å². The van der Waals surface area contributed by atoms with E-state index in [1.54, 1.807) is 18.2 Å². The molecule has 0 amide bonds. The van der Waals surface area contributed by atoms with Crippen LogP contribution in [-0.4, -0.2) is 11.6 Å². The highest BCUT2D eigenvalue weighted by atomic mass is 32.2. The van der Waals surface area contributed by atoms with Gasteiger partial charge in [-0.25, -0.2) is 9.93 Å². The summed E-state index contributed by atoms with van der Waals surface area (Å²) in [6.07, 6.45) is 0. The minimum atomic E-state index is -0.821. The molecule has 0 radical (unpaired) electrons. The van der Waals surface area contributed by atoms with Crippen molar-refractivity contribution in [1.29, 1.82) is 5.26 Å². The fourth-order valence-corrected chi connectivity index (χ4v) is 3.07. The van der Waals surface area contributed by atoms with E-state index in [-0.39, 0.29) is 0 Å². The number of carbonyl (C=O) groups excluding carboxylic acids is 1. The topological polar surface area (TPSA) is 85.3 Å². The molecule has 3 rings (SSSR count). The zero-order chi connectivity index (χ0) is 18.0. The smallest absolute Gasteiger partial charge is 0.351 e. The Morgan fingerprint density at radius 2 is 1.96 bits per heavy atom. The quantitative estimate of drug-likeness (QED) is 0.667. The minimum absolute atomic E-state index is 0.334. The molecule has 6 heteroatoms. The predicted octanol–water partition coefficient (Wildman–Crippen LogP) is 3.86. The molecule has 25 heavy (non-hydrogen) atoms. The summed E-state index contributed by atoms with van der Waals surface area (Å²) >= 11 is 0.500. The van der Waals surface area contributed by atoms with Gasteiger partial charge in [-0.2, -0.15) is 5.26 Å². The van der Waals surface area contributed by atoms with Crippen LogP contribution in [-0.2, 0) is 4.18 Å². The van der Waals surface area contributed by atoms with Crippen molar-refractivity contribution in [3.8, 4) is 11.8 Å². The minimum Gasteiger partial charge on any atom is -0.482 e. The van der Waals surface area contributed by atoms with E-state index in [1.165, 1.54) is 0 Å². The summed E-state index contributed by atoms with van der Waals surface area (Å²) in [5.74, 6) is -0.0210. The summed E-state index contributed by atoms with van der Waals surface area (Å²) in [5, 5.41) is 14.9. The second kappa shape index (κ2) is 6.63. The summed E-state index contributed by atoms with van der Waals surface area (Å²) in [6, 6.07) is 17.0. The molecule has 0 spiro atoms. The Morgan fingerprint density at radius 1 is 1.24 bits per heavy atom. The number of hydrogen-bond acceptors (Lipinski definition) is 6. The molecule has 0 fully saturated rings. The van der Waals surface area contributed by atoms with Crippen molar-refractivity contribution in [1.82, 2.24) is 0 Å². The third-order valence-corrected chi connectivity index (χ3v) is 4.25. The maximum Gasteiger partial charge on any atom is 0.351 e. The largest absolute Gasteiger partial charge is 0.482 e. The molecule has 2 N–H and O–H groups in total. The summed E-state index contributed by atoms with van der Waals surface area (Å²) < 4.78 is 10.8. The van der Waals surface area contributed by atoms with Gasteiger partial charge in [0.05, 0.1) is 17.2 Å². The van der Waals surface area contributed by atoms with Gasteiger partial charge in [0.1, 0.15) is 23.6 Å². The zero-order valence-electron chi connectivity index (χ0n) is 13.8. The monoisotopic (exact) mass is 352 g/mol. The number of rotatable bonds is 3. The predicted molar refractivity (Wildman–Crippen MR) is 96.4 cm³/mol. The Hall–Kier alpha value is -2.75. The number of nitrogens with two attached hydrogens (primary N) is 1. The van der Waals surface area contributed by atoms with E-state index in [4.69, 9.17) is 14.1 Å². The summed E-state index contributed by atoms with van der Waals surface area (Å²) in [7, 11) is 0. The molecule has 126 valence electrons. The van der Waals surface area contributed by atoms with E-state index >= 15 is 0 Å². The van der Waals surface area contributed by atoms with Gasteiger partial charge in [-0.3, -0.25) is 0 Å². The first-order valence-corrected chi connectivity index (χ1v) is 8.40. The Balaban J connectivity index is 2.21. The van der Waals surface area contributed by atoms with Gasteiger partial charge in [-0.05, 0) is 37.6 Å². The first-order valence-electron chi connectivity index (χ1n) is 7.59. The van der Waals surface area contributed by atoms with E-state index < -0.39 is 11.6 Å². The standard InChI is InChI=1S/C19H16N2O3S/c1-19(2)15(11-20)17(12-6-4-3-5-7-12)14-9-8-13(10-16(14)23-19)18(22)24-25-21/h3-10H,21H2,1-2H3. The van der Waals surface area contributed by atoms with Gasteiger partial charge >= 0.3 is 5.97 Å².